The van der Waals surface area contributed by atoms with E-state index >= 15 is 0 Å². The summed E-state index contributed by atoms with van der Waals surface area (Å²) in [5, 5.41) is 0. The van der Waals surface area contributed by atoms with Gasteiger partial charge in [-0.05, 0) is 25.0 Å². The van der Waals surface area contributed by atoms with E-state index in [4.69, 9.17) is 18.0 Å². The normalized spacial score (nSPS) is 11.8. The Morgan fingerprint density at radius 3 is 2.19 bits per heavy atom. The molecule has 0 aromatic carbocycles. The van der Waals surface area contributed by atoms with Gasteiger partial charge in [-0.15, -0.1) is 0 Å². The molecule has 0 amide bonds. The van der Waals surface area contributed by atoms with Crippen molar-refractivity contribution in [2.24, 2.45) is 5.73 Å². The summed E-state index contributed by atoms with van der Waals surface area (Å²) in [6, 6.07) is 3.06. The second-order valence-electron chi connectivity index (χ2n) is 4.85. The summed E-state index contributed by atoms with van der Waals surface area (Å²) < 4.78 is 26.8. The monoisotopic (exact) mass is 329 g/mol. The van der Waals surface area contributed by atoms with Crippen LogP contribution in [0.4, 0.5) is 0 Å². The van der Waals surface area contributed by atoms with Gasteiger partial charge >= 0.3 is 0 Å². The van der Waals surface area contributed by atoms with Crippen LogP contribution in [-0.2, 0) is 10.0 Å². The average Bonchev–Trinajstić information content (AvgIpc) is 2.47. The van der Waals surface area contributed by atoms with Crippen LogP contribution in [0.15, 0.2) is 23.2 Å². The first-order valence-electron chi connectivity index (χ1n) is 7.19. The van der Waals surface area contributed by atoms with Crippen molar-refractivity contribution in [3.63, 3.8) is 0 Å². The summed E-state index contributed by atoms with van der Waals surface area (Å²) in [4.78, 5) is 4.36. The zero-order valence-corrected chi connectivity index (χ0v) is 14.2. The lowest BCUT2D eigenvalue weighted by Crippen LogP contribution is -2.33. The molecule has 1 aromatic heterocycles. The molecule has 0 aliphatic heterocycles. The highest BCUT2D eigenvalue weighted by atomic mass is 32.2. The Morgan fingerprint density at radius 2 is 1.81 bits per heavy atom. The van der Waals surface area contributed by atoms with Crippen LogP contribution in [0.25, 0.3) is 0 Å². The SMILES string of the molecule is CCCCN(CCCC)S(=O)(=O)c1ccc(C(N)=S)nc1. The summed E-state index contributed by atoms with van der Waals surface area (Å²) in [7, 11) is -3.50. The van der Waals surface area contributed by atoms with Crippen molar-refractivity contribution in [1.29, 1.82) is 0 Å². The summed E-state index contributed by atoms with van der Waals surface area (Å²) in [6.07, 6.45) is 4.94. The number of sulfonamides is 1. The van der Waals surface area contributed by atoms with Gasteiger partial charge in [-0.1, -0.05) is 38.9 Å². The maximum atomic E-state index is 12.6. The smallest absolute Gasteiger partial charge is 0.244 e. The molecule has 0 aliphatic carbocycles. The molecule has 2 N–H and O–H groups in total. The van der Waals surface area contributed by atoms with Crippen LogP contribution >= 0.6 is 12.2 Å². The molecule has 1 rings (SSSR count). The third-order valence-corrected chi connectivity index (χ3v) is 5.24. The van der Waals surface area contributed by atoms with Crippen LogP contribution in [0.5, 0.6) is 0 Å². The second-order valence-corrected chi connectivity index (χ2v) is 7.23. The van der Waals surface area contributed by atoms with Crippen molar-refractivity contribution in [3.8, 4) is 0 Å². The molecule has 0 atom stereocenters. The standard InChI is InChI=1S/C14H23N3O2S2/c1-3-5-9-17(10-6-4-2)21(18,19)12-7-8-13(14(15)20)16-11-12/h7-8,11H,3-6,9-10H2,1-2H3,(H2,15,20). The fourth-order valence-corrected chi connectivity index (χ4v) is 3.43. The maximum Gasteiger partial charge on any atom is 0.244 e. The predicted octanol–water partition coefficient (Wildman–Crippen LogP) is 2.31. The highest BCUT2D eigenvalue weighted by Crippen LogP contribution is 2.16. The fraction of sp³-hybridized carbons (Fsp3) is 0.571. The number of hydrogen-bond donors (Lipinski definition) is 1. The third-order valence-electron chi connectivity index (χ3n) is 3.15. The van der Waals surface area contributed by atoms with Crippen molar-refractivity contribution >= 4 is 27.2 Å². The number of rotatable bonds is 9. The number of nitrogens with two attached hydrogens (primary N) is 1. The Morgan fingerprint density at radius 1 is 1.24 bits per heavy atom. The molecule has 118 valence electrons. The van der Waals surface area contributed by atoms with Gasteiger partial charge in [-0.2, -0.15) is 4.31 Å². The van der Waals surface area contributed by atoms with Crippen LogP contribution in [0, 0.1) is 0 Å². The van der Waals surface area contributed by atoms with Crippen molar-refractivity contribution in [3.05, 3.63) is 24.0 Å². The molecule has 0 saturated carbocycles. The lowest BCUT2D eigenvalue weighted by Gasteiger charge is -2.21. The Bertz CT molecular complexity index is 548. The highest BCUT2D eigenvalue weighted by Gasteiger charge is 2.23. The highest BCUT2D eigenvalue weighted by molar-refractivity contribution is 7.89. The van der Waals surface area contributed by atoms with Crippen LogP contribution < -0.4 is 5.73 Å². The number of hydrogen-bond acceptors (Lipinski definition) is 4. The zero-order valence-electron chi connectivity index (χ0n) is 12.6. The lowest BCUT2D eigenvalue weighted by molar-refractivity contribution is 0.395. The summed E-state index contributed by atoms with van der Waals surface area (Å²) in [5.74, 6) is 0. The molecule has 0 bridgehead atoms. The Hall–Kier alpha value is -1.05. The topological polar surface area (TPSA) is 76.3 Å². The number of unbranched alkanes of at least 4 members (excludes halogenated alkanes) is 2. The van der Waals surface area contributed by atoms with Crippen molar-refractivity contribution in [2.45, 2.75) is 44.4 Å². The van der Waals surface area contributed by atoms with E-state index in [1.807, 2.05) is 13.8 Å². The minimum absolute atomic E-state index is 0.160. The first-order valence-corrected chi connectivity index (χ1v) is 9.04. The molecule has 0 radical (unpaired) electrons. The van der Waals surface area contributed by atoms with Crippen LogP contribution in [-0.4, -0.2) is 35.8 Å². The molecule has 7 heteroatoms. The minimum atomic E-state index is -3.50. The third kappa shape index (κ3) is 5.01. The Labute approximate surface area is 132 Å². The molecule has 0 fully saturated rings. The van der Waals surface area contributed by atoms with E-state index in [2.05, 4.69) is 4.98 Å². The van der Waals surface area contributed by atoms with Crippen LogP contribution in [0.1, 0.15) is 45.2 Å². The molecule has 0 aliphatic rings. The number of pyridine rings is 1. The van der Waals surface area contributed by atoms with Gasteiger partial charge in [0, 0.05) is 19.3 Å². The Balaban J connectivity index is 3.00. The quantitative estimate of drug-likeness (QED) is 0.704. The van der Waals surface area contributed by atoms with E-state index in [0.29, 0.717) is 18.8 Å². The van der Waals surface area contributed by atoms with Gasteiger partial charge in [0.25, 0.3) is 0 Å². The van der Waals surface area contributed by atoms with Crippen molar-refractivity contribution in [1.82, 2.24) is 9.29 Å². The molecule has 5 nitrogen and oxygen atoms in total. The van der Waals surface area contributed by atoms with Gasteiger partial charge in [-0.3, -0.25) is 4.98 Å². The molecule has 0 unspecified atom stereocenters. The first kappa shape index (κ1) is 18.0. The van der Waals surface area contributed by atoms with Gasteiger partial charge < -0.3 is 5.73 Å². The molecular weight excluding hydrogens is 306 g/mol. The van der Waals surface area contributed by atoms with Gasteiger partial charge in [0.2, 0.25) is 10.0 Å². The van der Waals surface area contributed by atoms with Gasteiger partial charge in [0.05, 0.1) is 5.69 Å². The predicted molar refractivity (Wildman–Crippen MR) is 88.7 cm³/mol. The molecule has 1 heterocycles. The van der Waals surface area contributed by atoms with E-state index in [1.54, 1.807) is 6.07 Å². The first-order chi connectivity index (χ1) is 9.93. The Kier molecular flexibility index (Phi) is 7.21. The molecule has 21 heavy (non-hydrogen) atoms. The molecule has 0 saturated heterocycles. The minimum Gasteiger partial charge on any atom is -0.388 e. The zero-order chi connectivity index (χ0) is 15.9. The largest absolute Gasteiger partial charge is 0.388 e. The van der Waals surface area contributed by atoms with E-state index in [9.17, 15) is 8.42 Å². The van der Waals surface area contributed by atoms with Crippen LogP contribution in [0.2, 0.25) is 0 Å². The van der Waals surface area contributed by atoms with Gasteiger partial charge in [-0.25, -0.2) is 8.42 Å². The number of nitrogens with zero attached hydrogens (tertiary/aromatic N) is 2. The second kappa shape index (κ2) is 8.41. The number of thiocarbonyl (C=S) groups is 1. The lowest BCUT2D eigenvalue weighted by atomic mass is 10.3. The molecular formula is C14H23N3O2S2. The van der Waals surface area contributed by atoms with E-state index in [-0.39, 0.29) is 9.88 Å². The van der Waals surface area contributed by atoms with Gasteiger partial charge in [0.15, 0.2) is 0 Å². The summed E-state index contributed by atoms with van der Waals surface area (Å²) in [5.41, 5.74) is 5.90. The van der Waals surface area contributed by atoms with E-state index < -0.39 is 10.0 Å². The summed E-state index contributed by atoms with van der Waals surface area (Å²) in [6.45, 7) is 5.16. The summed E-state index contributed by atoms with van der Waals surface area (Å²) >= 11 is 4.82. The van der Waals surface area contributed by atoms with Gasteiger partial charge in [0.1, 0.15) is 9.88 Å². The van der Waals surface area contributed by atoms with E-state index in [0.717, 1.165) is 25.7 Å². The van der Waals surface area contributed by atoms with Crippen LogP contribution in [0.3, 0.4) is 0 Å². The van der Waals surface area contributed by atoms with Crippen molar-refractivity contribution in [2.75, 3.05) is 13.1 Å². The number of aromatic nitrogens is 1. The van der Waals surface area contributed by atoms with Crippen molar-refractivity contribution < 1.29 is 8.42 Å². The molecule has 1 aromatic rings. The fourth-order valence-electron chi connectivity index (χ4n) is 1.85. The maximum absolute atomic E-state index is 12.6. The molecule has 0 spiro atoms. The van der Waals surface area contributed by atoms with E-state index in [1.165, 1.54) is 16.6 Å². The average molecular weight is 329 g/mol.